The maximum absolute atomic E-state index is 8.92. The summed E-state index contributed by atoms with van der Waals surface area (Å²) in [4.78, 5) is 0. The lowest BCUT2D eigenvalue weighted by molar-refractivity contribution is -0.744. The van der Waals surface area contributed by atoms with Crippen molar-refractivity contribution >= 4 is 0 Å². The highest BCUT2D eigenvalue weighted by atomic mass is 15.4. The van der Waals surface area contributed by atoms with Gasteiger partial charge in [-0.2, -0.15) is 5.26 Å². The minimum Gasteiger partial charge on any atom is -0.198 e. The van der Waals surface area contributed by atoms with Gasteiger partial charge in [-0.25, -0.2) is 0 Å². The lowest BCUT2D eigenvalue weighted by Crippen LogP contribution is -2.36. The Bertz CT molecular complexity index is 589. The summed E-state index contributed by atoms with van der Waals surface area (Å²) in [5.41, 5.74) is 3.67. The molecule has 16 heavy (non-hydrogen) atoms. The molecule has 1 aromatic heterocycles. The van der Waals surface area contributed by atoms with Crippen molar-refractivity contribution in [3.63, 3.8) is 0 Å². The molecule has 0 saturated carbocycles. The Labute approximate surface area is 94.2 Å². The molecule has 3 heteroatoms. The second-order valence-corrected chi connectivity index (χ2v) is 4.10. The van der Waals surface area contributed by atoms with E-state index in [-0.39, 0.29) is 5.92 Å². The topological polar surface area (TPSA) is 32.6 Å². The Morgan fingerprint density at radius 2 is 2.19 bits per heavy atom. The van der Waals surface area contributed by atoms with Gasteiger partial charge in [0.1, 0.15) is 5.69 Å². The number of nitrogens with zero attached hydrogens (tertiary/aromatic N) is 3. The monoisotopic (exact) mass is 210 g/mol. The maximum Gasteiger partial charge on any atom is 0.196 e. The fourth-order valence-electron chi connectivity index (χ4n) is 2.52. The number of aromatic nitrogens is 2. The van der Waals surface area contributed by atoms with Crippen LogP contribution in [-0.2, 0) is 7.05 Å². The second kappa shape index (κ2) is 3.21. The van der Waals surface area contributed by atoms with Crippen LogP contribution in [0.2, 0.25) is 0 Å². The van der Waals surface area contributed by atoms with Crippen molar-refractivity contribution in [2.45, 2.75) is 12.3 Å². The van der Waals surface area contributed by atoms with Crippen molar-refractivity contribution in [3.05, 3.63) is 47.8 Å². The van der Waals surface area contributed by atoms with Crippen LogP contribution in [0.25, 0.3) is 5.69 Å². The zero-order valence-electron chi connectivity index (χ0n) is 9.09. The van der Waals surface area contributed by atoms with Gasteiger partial charge in [-0.15, -0.1) is 9.36 Å². The van der Waals surface area contributed by atoms with Gasteiger partial charge >= 0.3 is 0 Å². The third kappa shape index (κ3) is 1.04. The van der Waals surface area contributed by atoms with Crippen LogP contribution >= 0.6 is 0 Å². The highest BCUT2D eigenvalue weighted by Crippen LogP contribution is 2.38. The molecule has 1 aromatic carbocycles. The molecule has 0 amide bonds. The smallest absolute Gasteiger partial charge is 0.196 e. The first-order valence-electron chi connectivity index (χ1n) is 5.36. The van der Waals surface area contributed by atoms with E-state index in [2.05, 4.69) is 33.6 Å². The van der Waals surface area contributed by atoms with Gasteiger partial charge in [0.15, 0.2) is 13.2 Å². The summed E-state index contributed by atoms with van der Waals surface area (Å²) >= 11 is 0. The second-order valence-electron chi connectivity index (χ2n) is 4.10. The summed E-state index contributed by atoms with van der Waals surface area (Å²) in [6, 6.07) is 12.7. The normalized spacial score (nSPS) is 16.6. The Hall–Kier alpha value is -2.08. The van der Waals surface area contributed by atoms with Crippen LogP contribution in [0.5, 0.6) is 0 Å². The molecule has 0 aliphatic carbocycles. The fourth-order valence-corrected chi connectivity index (χ4v) is 2.52. The molecule has 1 aliphatic rings. The van der Waals surface area contributed by atoms with Crippen LogP contribution in [0, 0.1) is 11.3 Å². The zero-order chi connectivity index (χ0) is 11.1. The van der Waals surface area contributed by atoms with Crippen LogP contribution in [0.1, 0.15) is 23.6 Å². The molecule has 0 spiro atoms. The van der Waals surface area contributed by atoms with Gasteiger partial charge in [-0.1, -0.05) is 18.2 Å². The van der Waals surface area contributed by atoms with Crippen molar-refractivity contribution in [1.82, 2.24) is 4.68 Å². The van der Waals surface area contributed by atoms with Crippen molar-refractivity contribution in [2.75, 3.05) is 0 Å². The van der Waals surface area contributed by atoms with Crippen LogP contribution in [0.4, 0.5) is 0 Å². The Balaban J connectivity index is 2.28. The summed E-state index contributed by atoms with van der Waals surface area (Å²) in [6.07, 6.45) is 2.58. The first-order valence-corrected chi connectivity index (χ1v) is 5.36. The Morgan fingerprint density at radius 3 is 3.00 bits per heavy atom. The van der Waals surface area contributed by atoms with E-state index in [0.717, 1.165) is 0 Å². The highest BCUT2D eigenvalue weighted by molar-refractivity contribution is 5.51. The van der Waals surface area contributed by atoms with Crippen molar-refractivity contribution in [1.29, 1.82) is 5.26 Å². The van der Waals surface area contributed by atoms with Crippen LogP contribution in [0.3, 0.4) is 0 Å². The molecule has 3 rings (SSSR count). The number of fused-ring (bicyclic) bond motifs is 3. The van der Waals surface area contributed by atoms with Crippen LogP contribution < -0.4 is 4.68 Å². The van der Waals surface area contributed by atoms with Gasteiger partial charge in [0, 0.05) is 18.4 Å². The summed E-state index contributed by atoms with van der Waals surface area (Å²) in [7, 11) is 2.02. The quantitative estimate of drug-likeness (QED) is 0.659. The lowest BCUT2D eigenvalue weighted by atomic mass is 9.95. The van der Waals surface area contributed by atoms with Gasteiger partial charge in [0.25, 0.3) is 0 Å². The van der Waals surface area contributed by atoms with Crippen molar-refractivity contribution in [2.24, 2.45) is 7.05 Å². The predicted molar refractivity (Wildman–Crippen MR) is 59.0 cm³/mol. The molecule has 2 heterocycles. The summed E-state index contributed by atoms with van der Waals surface area (Å²) in [6.45, 7) is 0. The van der Waals surface area contributed by atoms with Gasteiger partial charge in [0.2, 0.25) is 0 Å². The molecule has 0 fully saturated rings. The van der Waals surface area contributed by atoms with Crippen molar-refractivity contribution in [3.8, 4) is 11.8 Å². The predicted octanol–water partition coefficient (Wildman–Crippen LogP) is 1.66. The molecule has 0 saturated heterocycles. The van der Waals surface area contributed by atoms with E-state index in [4.69, 9.17) is 5.26 Å². The molecule has 1 unspecified atom stereocenters. The van der Waals surface area contributed by atoms with E-state index in [1.54, 1.807) is 0 Å². The molecule has 3 nitrogen and oxygen atoms in total. The molecule has 1 atom stereocenters. The van der Waals surface area contributed by atoms with E-state index in [1.165, 1.54) is 16.9 Å². The van der Waals surface area contributed by atoms with E-state index in [0.29, 0.717) is 6.42 Å². The summed E-state index contributed by atoms with van der Waals surface area (Å²) in [5.74, 6) is 0.224. The van der Waals surface area contributed by atoms with E-state index < -0.39 is 0 Å². The molecular formula is C13H12N3+. The third-order valence-corrected chi connectivity index (χ3v) is 3.21. The lowest BCUT2D eigenvalue weighted by Gasteiger charge is -2.03. The molecule has 1 aliphatic heterocycles. The van der Waals surface area contributed by atoms with Gasteiger partial charge in [-0.3, -0.25) is 0 Å². The number of aryl methyl sites for hydroxylation is 1. The highest BCUT2D eigenvalue weighted by Gasteiger charge is 2.33. The van der Waals surface area contributed by atoms with E-state index in [9.17, 15) is 0 Å². The number of hydrogen-bond acceptors (Lipinski definition) is 1. The molecule has 0 N–H and O–H groups in total. The average Bonchev–Trinajstić information content (AvgIpc) is 2.81. The standard InChI is InChI=1S/C13H12N3/c1-15-9-7-13-11(6-8-14)10-4-2-3-5-12(10)16(13)15/h2-5,7,9,11H,6H2,1H3/q+1. The SMILES string of the molecule is C[n+]1ccc2n1-c1ccccc1C2CC#N. The van der Waals surface area contributed by atoms with Gasteiger partial charge < -0.3 is 0 Å². The first kappa shape index (κ1) is 9.17. The Kier molecular flexibility index (Phi) is 1.84. The van der Waals surface area contributed by atoms with Crippen molar-refractivity contribution < 1.29 is 4.68 Å². The zero-order valence-corrected chi connectivity index (χ0v) is 9.09. The van der Waals surface area contributed by atoms with Crippen LogP contribution in [-0.4, -0.2) is 4.68 Å². The molecule has 78 valence electrons. The Morgan fingerprint density at radius 1 is 1.38 bits per heavy atom. The first-order chi connectivity index (χ1) is 7.83. The third-order valence-electron chi connectivity index (χ3n) is 3.21. The van der Waals surface area contributed by atoms with E-state index in [1.807, 2.05) is 25.4 Å². The summed E-state index contributed by atoms with van der Waals surface area (Å²) < 4.78 is 4.24. The number of hydrogen-bond donors (Lipinski definition) is 0. The molecule has 0 bridgehead atoms. The molecular weight excluding hydrogens is 198 g/mol. The number of nitriles is 1. The number of benzene rings is 1. The largest absolute Gasteiger partial charge is 0.198 e. The maximum atomic E-state index is 8.92. The summed E-state index contributed by atoms with van der Waals surface area (Å²) in [5, 5.41) is 8.92. The fraction of sp³-hybridized carbons (Fsp3) is 0.231. The van der Waals surface area contributed by atoms with Crippen LogP contribution in [0.15, 0.2) is 36.5 Å². The van der Waals surface area contributed by atoms with Gasteiger partial charge in [0.05, 0.1) is 11.8 Å². The molecule has 0 radical (unpaired) electrons. The minimum atomic E-state index is 0.224. The van der Waals surface area contributed by atoms with E-state index >= 15 is 0 Å². The number of rotatable bonds is 1. The number of para-hydroxylation sites is 1. The average molecular weight is 210 g/mol. The molecule has 2 aromatic rings. The minimum absolute atomic E-state index is 0.224. The van der Waals surface area contributed by atoms with Gasteiger partial charge in [-0.05, 0) is 11.6 Å².